The van der Waals surface area contributed by atoms with Gasteiger partial charge in [0, 0.05) is 6.54 Å². The second-order valence-corrected chi connectivity index (χ2v) is 6.84. The summed E-state index contributed by atoms with van der Waals surface area (Å²) in [5, 5.41) is 13.9. The molecule has 140 valence electrons. The number of hydrogen-bond donors (Lipinski definition) is 1. The van der Waals surface area contributed by atoms with Gasteiger partial charge in [-0.15, -0.1) is 0 Å². The summed E-state index contributed by atoms with van der Waals surface area (Å²) in [5.74, 6) is -0.542. The molecule has 8 heteroatoms. The Balaban J connectivity index is 1.84. The standard InChI is InChI=1S/C18H21ClFN3O3/c1-11-10-26-15(9-24)8-22(11)18(25)16-12(2)21-23(17(16)19)7-13-3-5-14(20)6-4-13/h3-6,11,15,24H,7-10H2,1-2H3/t11-,15-/m0/s1. The molecule has 1 aliphatic rings. The number of ether oxygens (including phenoxy) is 1. The smallest absolute Gasteiger partial charge is 0.259 e. The van der Waals surface area contributed by atoms with Gasteiger partial charge in [-0.1, -0.05) is 23.7 Å². The van der Waals surface area contributed by atoms with Gasteiger partial charge in [0.2, 0.25) is 0 Å². The average Bonchev–Trinajstić information content (AvgIpc) is 2.90. The van der Waals surface area contributed by atoms with Crippen LogP contribution < -0.4 is 0 Å². The third-order valence-electron chi connectivity index (χ3n) is 4.49. The Bertz CT molecular complexity index is 794. The molecule has 1 saturated heterocycles. The van der Waals surface area contributed by atoms with E-state index in [-0.39, 0.29) is 29.5 Å². The van der Waals surface area contributed by atoms with Gasteiger partial charge in [0.05, 0.1) is 43.2 Å². The molecule has 3 rings (SSSR count). The second-order valence-electron chi connectivity index (χ2n) is 6.48. The van der Waals surface area contributed by atoms with E-state index in [9.17, 15) is 14.3 Å². The monoisotopic (exact) mass is 381 g/mol. The summed E-state index contributed by atoms with van der Waals surface area (Å²) in [6, 6.07) is 5.92. The highest BCUT2D eigenvalue weighted by Crippen LogP contribution is 2.25. The summed E-state index contributed by atoms with van der Waals surface area (Å²) in [4.78, 5) is 14.7. The SMILES string of the molecule is Cc1nn(Cc2ccc(F)cc2)c(Cl)c1C(=O)N1C[C@@H](CO)OC[C@@H]1C. The van der Waals surface area contributed by atoms with Crippen LogP contribution in [-0.2, 0) is 11.3 Å². The van der Waals surface area contributed by atoms with E-state index in [0.717, 1.165) is 5.56 Å². The van der Waals surface area contributed by atoms with Gasteiger partial charge in [0.15, 0.2) is 0 Å². The molecule has 1 N–H and O–H groups in total. The molecule has 6 nitrogen and oxygen atoms in total. The van der Waals surface area contributed by atoms with Gasteiger partial charge in [-0.25, -0.2) is 9.07 Å². The number of hydrogen-bond acceptors (Lipinski definition) is 4. The van der Waals surface area contributed by atoms with Crippen LogP contribution in [0.3, 0.4) is 0 Å². The van der Waals surface area contributed by atoms with E-state index in [2.05, 4.69) is 5.10 Å². The van der Waals surface area contributed by atoms with Crippen LogP contribution in [0.2, 0.25) is 5.15 Å². The van der Waals surface area contributed by atoms with Crippen molar-refractivity contribution in [3.05, 3.63) is 52.1 Å². The van der Waals surface area contributed by atoms with Crippen molar-refractivity contribution in [3.8, 4) is 0 Å². The summed E-state index contributed by atoms with van der Waals surface area (Å²) >= 11 is 6.44. The van der Waals surface area contributed by atoms with Gasteiger partial charge in [-0.05, 0) is 31.5 Å². The maximum Gasteiger partial charge on any atom is 0.259 e. The molecule has 0 radical (unpaired) electrons. The van der Waals surface area contributed by atoms with Crippen molar-refractivity contribution >= 4 is 17.5 Å². The molecule has 2 heterocycles. The summed E-state index contributed by atoms with van der Waals surface area (Å²) < 4.78 is 20.1. The topological polar surface area (TPSA) is 67.6 Å². The minimum atomic E-state index is -0.400. The van der Waals surface area contributed by atoms with Crippen molar-refractivity contribution in [2.45, 2.75) is 32.5 Å². The molecule has 0 saturated carbocycles. The van der Waals surface area contributed by atoms with E-state index in [0.29, 0.717) is 31.0 Å². The zero-order valence-corrected chi connectivity index (χ0v) is 15.4. The molecule has 2 aromatic rings. The van der Waals surface area contributed by atoms with Crippen LogP contribution in [0.25, 0.3) is 0 Å². The average molecular weight is 382 g/mol. The van der Waals surface area contributed by atoms with Crippen molar-refractivity contribution < 1.29 is 19.0 Å². The Kier molecular flexibility index (Phi) is 5.60. The van der Waals surface area contributed by atoms with Crippen LogP contribution >= 0.6 is 11.6 Å². The number of halogens is 2. The van der Waals surface area contributed by atoms with Crippen molar-refractivity contribution in [2.24, 2.45) is 0 Å². The summed E-state index contributed by atoms with van der Waals surface area (Å²) in [6.07, 6.45) is -0.400. The maximum absolute atomic E-state index is 13.1. The molecule has 1 fully saturated rings. The fourth-order valence-electron chi connectivity index (χ4n) is 3.02. The summed E-state index contributed by atoms with van der Waals surface area (Å²) in [5.41, 5.74) is 1.70. The normalized spacial score (nSPS) is 20.4. The lowest BCUT2D eigenvalue weighted by atomic mass is 10.1. The van der Waals surface area contributed by atoms with Gasteiger partial charge in [0.1, 0.15) is 11.0 Å². The summed E-state index contributed by atoms with van der Waals surface area (Å²) in [7, 11) is 0. The largest absolute Gasteiger partial charge is 0.394 e. The Morgan fingerprint density at radius 2 is 2.12 bits per heavy atom. The Hall–Kier alpha value is -1.96. The minimum Gasteiger partial charge on any atom is -0.394 e. The molecule has 26 heavy (non-hydrogen) atoms. The Morgan fingerprint density at radius 1 is 1.42 bits per heavy atom. The van der Waals surface area contributed by atoms with E-state index in [1.807, 2.05) is 6.92 Å². The zero-order valence-electron chi connectivity index (χ0n) is 14.7. The molecule has 0 spiro atoms. The lowest BCUT2D eigenvalue weighted by Gasteiger charge is -2.37. The van der Waals surface area contributed by atoms with E-state index in [1.165, 1.54) is 16.8 Å². The third kappa shape index (κ3) is 3.75. The molecular weight excluding hydrogens is 361 g/mol. The number of aryl methyl sites for hydroxylation is 1. The van der Waals surface area contributed by atoms with Gasteiger partial charge in [0.25, 0.3) is 5.91 Å². The molecule has 1 aromatic heterocycles. The molecule has 2 atom stereocenters. The van der Waals surface area contributed by atoms with Crippen LogP contribution in [0.4, 0.5) is 4.39 Å². The molecular formula is C18H21ClFN3O3. The first-order valence-electron chi connectivity index (χ1n) is 8.41. The van der Waals surface area contributed by atoms with Gasteiger partial charge in [-0.2, -0.15) is 5.10 Å². The number of carbonyl (C=O) groups is 1. The van der Waals surface area contributed by atoms with Crippen LogP contribution in [-0.4, -0.2) is 57.6 Å². The van der Waals surface area contributed by atoms with Crippen LogP contribution in [0.15, 0.2) is 24.3 Å². The first-order chi connectivity index (χ1) is 12.4. The number of benzene rings is 1. The molecule has 0 unspecified atom stereocenters. The predicted octanol–water partition coefficient (Wildman–Crippen LogP) is 2.25. The van der Waals surface area contributed by atoms with Gasteiger partial charge in [-0.3, -0.25) is 4.79 Å². The Labute approximate surface area is 156 Å². The van der Waals surface area contributed by atoms with Crippen molar-refractivity contribution in [2.75, 3.05) is 19.8 Å². The number of morpholine rings is 1. The zero-order chi connectivity index (χ0) is 18.8. The lowest BCUT2D eigenvalue weighted by molar-refractivity contribution is -0.0667. The highest BCUT2D eigenvalue weighted by Gasteiger charge is 2.33. The van der Waals surface area contributed by atoms with E-state index in [1.54, 1.807) is 24.0 Å². The quantitative estimate of drug-likeness (QED) is 0.882. The first-order valence-corrected chi connectivity index (χ1v) is 8.79. The fourth-order valence-corrected chi connectivity index (χ4v) is 3.33. The van der Waals surface area contributed by atoms with Gasteiger partial charge < -0.3 is 14.7 Å². The number of amides is 1. The number of aliphatic hydroxyl groups excluding tert-OH is 1. The lowest BCUT2D eigenvalue weighted by Crippen LogP contribution is -2.52. The first kappa shape index (κ1) is 18.8. The van der Waals surface area contributed by atoms with Crippen molar-refractivity contribution in [1.29, 1.82) is 0 Å². The van der Waals surface area contributed by atoms with Crippen LogP contribution in [0.5, 0.6) is 0 Å². The third-order valence-corrected chi connectivity index (χ3v) is 4.88. The van der Waals surface area contributed by atoms with Crippen LogP contribution in [0.1, 0.15) is 28.5 Å². The number of nitrogens with zero attached hydrogens (tertiary/aromatic N) is 3. The molecule has 0 aliphatic carbocycles. The predicted molar refractivity (Wildman–Crippen MR) is 94.8 cm³/mol. The van der Waals surface area contributed by atoms with Gasteiger partial charge >= 0.3 is 0 Å². The highest BCUT2D eigenvalue weighted by atomic mass is 35.5. The fraction of sp³-hybridized carbons (Fsp3) is 0.444. The number of aromatic nitrogens is 2. The Morgan fingerprint density at radius 3 is 2.77 bits per heavy atom. The van der Waals surface area contributed by atoms with Crippen molar-refractivity contribution in [3.63, 3.8) is 0 Å². The van der Waals surface area contributed by atoms with Crippen molar-refractivity contribution in [1.82, 2.24) is 14.7 Å². The molecule has 1 amide bonds. The number of carbonyl (C=O) groups excluding carboxylic acids is 1. The van der Waals surface area contributed by atoms with E-state index < -0.39 is 6.10 Å². The van der Waals surface area contributed by atoms with E-state index in [4.69, 9.17) is 16.3 Å². The maximum atomic E-state index is 13.1. The molecule has 1 aliphatic heterocycles. The molecule has 0 bridgehead atoms. The number of rotatable bonds is 4. The van der Waals surface area contributed by atoms with E-state index >= 15 is 0 Å². The van der Waals surface area contributed by atoms with Crippen LogP contribution in [0, 0.1) is 12.7 Å². The second kappa shape index (κ2) is 7.73. The highest BCUT2D eigenvalue weighted by molar-refractivity contribution is 6.33. The summed E-state index contributed by atoms with van der Waals surface area (Å²) in [6.45, 7) is 4.47. The molecule has 1 aromatic carbocycles. The minimum absolute atomic E-state index is 0.124. The number of aliphatic hydroxyl groups is 1.